The molecule has 0 aromatic heterocycles. The van der Waals surface area contributed by atoms with Gasteiger partial charge in [-0.15, -0.1) is 0 Å². The van der Waals surface area contributed by atoms with E-state index in [1.54, 1.807) is 31.4 Å². The first-order chi connectivity index (χ1) is 9.56. The maximum Gasteiger partial charge on any atom is 0.157 e. The summed E-state index contributed by atoms with van der Waals surface area (Å²) < 4.78 is 10.4. The highest BCUT2D eigenvalue weighted by Gasteiger charge is 2.45. The Balaban J connectivity index is 2.02. The molecule has 5 N–H and O–H groups in total. The molecule has 1 aromatic rings. The molecule has 0 saturated carbocycles. The van der Waals surface area contributed by atoms with E-state index in [0.717, 1.165) is 0 Å². The number of ether oxygens (including phenoxy) is 2. The largest absolute Gasteiger partial charge is 0.497 e. The van der Waals surface area contributed by atoms with Crippen LogP contribution in [0.5, 0.6) is 5.75 Å². The van der Waals surface area contributed by atoms with E-state index in [-0.39, 0.29) is 0 Å². The molecule has 0 spiro atoms. The van der Waals surface area contributed by atoms with Gasteiger partial charge in [-0.1, -0.05) is 0 Å². The topological polar surface area (TPSA) is 111 Å². The van der Waals surface area contributed by atoms with Crippen LogP contribution in [0.4, 0.5) is 5.69 Å². The summed E-state index contributed by atoms with van der Waals surface area (Å²) in [6.07, 6.45) is -5.63. The number of benzene rings is 1. The van der Waals surface area contributed by atoms with Crippen LogP contribution >= 0.6 is 0 Å². The van der Waals surface area contributed by atoms with E-state index in [1.165, 1.54) is 0 Å². The normalized spacial score (nSPS) is 31.1. The van der Waals surface area contributed by atoms with Crippen molar-refractivity contribution < 1.29 is 29.9 Å². The molecule has 0 amide bonds. The Morgan fingerprint density at radius 2 is 1.90 bits per heavy atom. The lowest BCUT2D eigenvalue weighted by Gasteiger charge is -2.19. The van der Waals surface area contributed by atoms with Crippen LogP contribution in [0.25, 0.3) is 0 Å². The molecule has 5 atom stereocenters. The standard InChI is InChI=1S/C13H19NO6/c1-19-8-4-2-7(3-5-8)14-13-11(18)10(17)12(20-13)9(16)6-15/h2-5,9-18H,6H2,1H3/t9-,10+,11-,12+,13+/m1/s1. The summed E-state index contributed by atoms with van der Waals surface area (Å²) in [5.74, 6) is 0.692. The van der Waals surface area contributed by atoms with E-state index < -0.39 is 37.3 Å². The Morgan fingerprint density at radius 3 is 2.45 bits per heavy atom. The Bertz CT molecular complexity index is 425. The highest BCUT2D eigenvalue weighted by molar-refractivity contribution is 5.47. The van der Waals surface area contributed by atoms with Crippen molar-refractivity contribution in [2.75, 3.05) is 19.0 Å². The van der Waals surface area contributed by atoms with Gasteiger partial charge >= 0.3 is 0 Å². The summed E-state index contributed by atoms with van der Waals surface area (Å²) in [6.45, 7) is -0.552. The van der Waals surface area contributed by atoms with Crippen molar-refractivity contribution in [3.63, 3.8) is 0 Å². The fraction of sp³-hybridized carbons (Fsp3) is 0.538. The van der Waals surface area contributed by atoms with Gasteiger partial charge in [-0.05, 0) is 24.3 Å². The molecule has 1 saturated heterocycles. The SMILES string of the molecule is COc1ccc(N[C@H]2O[C@@H]([C@H](O)CO)[C@@H](O)[C@H]2O)cc1. The van der Waals surface area contributed by atoms with Crippen molar-refractivity contribution in [1.82, 2.24) is 0 Å². The fourth-order valence-corrected chi connectivity index (χ4v) is 2.10. The molecule has 1 fully saturated rings. The molecular formula is C13H19NO6. The number of aliphatic hydroxyl groups excluding tert-OH is 4. The van der Waals surface area contributed by atoms with Crippen molar-refractivity contribution in [1.29, 1.82) is 0 Å². The van der Waals surface area contributed by atoms with Gasteiger partial charge in [0.25, 0.3) is 0 Å². The van der Waals surface area contributed by atoms with Gasteiger partial charge in [-0.25, -0.2) is 0 Å². The first-order valence-electron chi connectivity index (χ1n) is 6.28. The van der Waals surface area contributed by atoms with E-state index in [2.05, 4.69) is 5.32 Å². The van der Waals surface area contributed by atoms with Crippen molar-refractivity contribution in [2.24, 2.45) is 0 Å². The van der Waals surface area contributed by atoms with Gasteiger partial charge in [0.2, 0.25) is 0 Å². The van der Waals surface area contributed by atoms with Crippen molar-refractivity contribution in [2.45, 2.75) is 30.6 Å². The lowest BCUT2D eigenvalue weighted by molar-refractivity contribution is -0.0774. The molecule has 1 aliphatic rings. The average Bonchev–Trinajstić information content (AvgIpc) is 2.76. The molecule has 20 heavy (non-hydrogen) atoms. The van der Waals surface area contributed by atoms with Gasteiger partial charge in [0.1, 0.15) is 30.2 Å². The molecule has 7 nitrogen and oxygen atoms in total. The maximum atomic E-state index is 9.88. The van der Waals surface area contributed by atoms with Gasteiger partial charge in [-0.3, -0.25) is 0 Å². The van der Waals surface area contributed by atoms with Crippen LogP contribution in [0, 0.1) is 0 Å². The monoisotopic (exact) mass is 285 g/mol. The Hall–Kier alpha value is -1.38. The van der Waals surface area contributed by atoms with Gasteiger partial charge in [0, 0.05) is 5.69 Å². The smallest absolute Gasteiger partial charge is 0.157 e. The third-order valence-electron chi connectivity index (χ3n) is 3.27. The Labute approximate surface area is 116 Å². The second kappa shape index (κ2) is 6.38. The highest BCUT2D eigenvalue weighted by atomic mass is 16.6. The summed E-state index contributed by atoms with van der Waals surface area (Å²) in [5, 5.41) is 40.9. The summed E-state index contributed by atoms with van der Waals surface area (Å²) in [5.41, 5.74) is 0.668. The molecule has 112 valence electrons. The molecule has 0 aliphatic carbocycles. The molecule has 0 unspecified atom stereocenters. The van der Waals surface area contributed by atoms with Crippen LogP contribution in [0.2, 0.25) is 0 Å². The second-order valence-corrected chi connectivity index (χ2v) is 4.63. The van der Waals surface area contributed by atoms with Crippen LogP contribution in [0.15, 0.2) is 24.3 Å². The van der Waals surface area contributed by atoms with Crippen LogP contribution in [-0.2, 0) is 4.74 Å². The highest BCUT2D eigenvalue weighted by Crippen LogP contribution is 2.26. The lowest BCUT2D eigenvalue weighted by atomic mass is 10.1. The Kier molecular flexibility index (Phi) is 4.79. The molecule has 7 heteroatoms. The molecule has 2 rings (SSSR count). The quantitative estimate of drug-likeness (QED) is 0.467. The summed E-state index contributed by atoms with van der Waals surface area (Å²) >= 11 is 0. The second-order valence-electron chi connectivity index (χ2n) is 4.63. The first kappa shape index (κ1) is 15.0. The number of aliphatic hydroxyl groups is 4. The minimum Gasteiger partial charge on any atom is -0.497 e. The first-order valence-corrected chi connectivity index (χ1v) is 6.28. The summed E-state index contributed by atoms with van der Waals surface area (Å²) in [6, 6.07) is 6.94. The van der Waals surface area contributed by atoms with Crippen molar-refractivity contribution in [3.05, 3.63) is 24.3 Å². The number of rotatable bonds is 5. The molecular weight excluding hydrogens is 266 g/mol. The predicted molar refractivity (Wildman–Crippen MR) is 70.4 cm³/mol. The number of nitrogens with one attached hydrogen (secondary N) is 1. The van der Waals surface area contributed by atoms with Gasteiger partial charge in [0.05, 0.1) is 13.7 Å². The number of hydrogen-bond donors (Lipinski definition) is 5. The predicted octanol–water partition coefficient (Wildman–Crippen LogP) is -1.09. The van der Waals surface area contributed by atoms with Crippen LogP contribution in [0.1, 0.15) is 0 Å². The number of hydrogen-bond acceptors (Lipinski definition) is 7. The Morgan fingerprint density at radius 1 is 1.25 bits per heavy atom. The lowest BCUT2D eigenvalue weighted by Crippen LogP contribution is -2.40. The van der Waals surface area contributed by atoms with Crippen molar-refractivity contribution >= 4 is 5.69 Å². The molecule has 1 aliphatic heterocycles. The number of methoxy groups -OCH3 is 1. The number of anilines is 1. The van der Waals surface area contributed by atoms with Crippen molar-refractivity contribution in [3.8, 4) is 5.75 Å². The molecule has 1 aromatic carbocycles. The van der Waals surface area contributed by atoms with Crippen LogP contribution in [0.3, 0.4) is 0 Å². The third kappa shape index (κ3) is 3.02. The molecule has 0 radical (unpaired) electrons. The van der Waals surface area contributed by atoms with Gasteiger partial charge in [-0.2, -0.15) is 0 Å². The summed E-state index contributed by atoms with van der Waals surface area (Å²) in [7, 11) is 1.56. The van der Waals surface area contributed by atoms with Crippen LogP contribution in [-0.4, -0.2) is 64.8 Å². The summed E-state index contributed by atoms with van der Waals surface area (Å²) in [4.78, 5) is 0. The van der Waals surface area contributed by atoms with E-state index >= 15 is 0 Å². The zero-order chi connectivity index (χ0) is 14.7. The van der Waals surface area contributed by atoms with Gasteiger partial charge in [0.15, 0.2) is 6.23 Å². The minimum atomic E-state index is -1.27. The minimum absolute atomic E-state index is 0.552. The zero-order valence-corrected chi connectivity index (χ0v) is 11.0. The fourth-order valence-electron chi connectivity index (χ4n) is 2.10. The average molecular weight is 285 g/mol. The zero-order valence-electron chi connectivity index (χ0n) is 11.0. The maximum absolute atomic E-state index is 9.88. The van der Waals surface area contributed by atoms with Gasteiger partial charge < -0.3 is 35.2 Å². The van der Waals surface area contributed by atoms with E-state index in [9.17, 15) is 15.3 Å². The van der Waals surface area contributed by atoms with Crippen LogP contribution < -0.4 is 10.1 Å². The molecule has 1 heterocycles. The van der Waals surface area contributed by atoms with E-state index in [4.69, 9.17) is 14.6 Å². The molecule has 0 bridgehead atoms. The van der Waals surface area contributed by atoms with E-state index in [1.807, 2.05) is 0 Å². The van der Waals surface area contributed by atoms with E-state index in [0.29, 0.717) is 11.4 Å². The third-order valence-corrected chi connectivity index (χ3v) is 3.27.